The fourth-order valence-corrected chi connectivity index (χ4v) is 1.83. The van der Waals surface area contributed by atoms with Crippen molar-refractivity contribution < 1.29 is 34.2 Å². The zero-order valence-corrected chi connectivity index (χ0v) is 14.1. The first-order valence-electron chi connectivity index (χ1n) is 7.56. The largest absolute Gasteiger partial charge is 0.481 e. The van der Waals surface area contributed by atoms with Gasteiger partial charge >= 0.3 is 11.9 Å². The molecule has 3 amide bonds. The molecule has 0 aromatic rings. The van der Waals surface area contributed by atoms with Gasteiger partial charge in [-0.1, -0.05) is 13.8 Å². The van der Waals surface area contributed by atoms with Crippen molar-refractivity contribution in [3.8, 4) is 0 Å². The Hall–Kier alpha value is -2.69. The predicted octanol–water partition coefficient (Wildman–Crippen LogP) is -2.36. The minimum Gasteiger partial charge on any atom is -0.481 e. The van der Waals surface area contributed by atoms with Gasteiger partial charge in [-0.15, -0.1) is 0 Å². The molecule has 0 radical (unpaired) electrons. The molecule has 25 heavy (non-hydrogen) atoms. The molecule has 0 aromatic carbocycles. The van der Waals surface area contributed by atoms with Crippen molar-refractivity contribution >= 4 is 29.7 Å². The van der Waals surface area contributed by atoms with Gasteiger partial charge in [-0.05, 0) is 12.3 Å². The van der Waals surface area contributed by atoms with Crippen LogP contribution in [0.2, 0.25) is 0 Å². The van der Waals surface area contributed by atoms with Gasteiger partial charge in [0.25, 0.3) is 0 Å². The number of rotatable bonds is 11. The average Bonchev–Trinajstić information content (AvgIpc) is 2.48. The summed E-state index contributed by atoms with van der Waals surface area (Å²) in [5, 5.41) is 23.6. The number of nitrogens with two attached hydrogens (primary N) is 1. The van der Waals surface area contributed by atoms with Gasteiger partial charge in [-0.3, -0.25) is 24.0 Å². The Morgan fingerprint density at radius 1 is 0.920 bits per heavy atom. The van der Waals surface area contributed by atoms with Gasteiger partial charge in [0.05, 0.1) is 19.0 Å². The molecule has 0 bridgehead atoms. The Balaban J connectivity index is 4.55. The van der Waals surface area contributed by atoms with Gasteiger partial charge in [-0.2, -0.15) is 0 Å². The molecule has 0 saturated carbocycles. The molecule has 7 N–H and O–H groups in total. The highest BCUT2D eigenvalue weighted by molar-refractivity contribution is 5.93. The second-order valence-corrected chi connectivity index (χ2v) is 5.78. The van der Waals surface area contributed by atoms with Crippen LogP contribution in [0.3, 0.4) is 0 Å². The van der Waals surface area contributed by atoms with E-state index < -0.39 is 61.3 Å². The first kappa shape index (κ1) is 22.3. The summed E-state index contributed by atoms with van der Waals surface area (Å²) in [5.74, 6) is -4.80. The number of carboxylic acids is 2. The van der Waals surface area contributed by atoms with Gasteiger partial charge in [0.15, 0.2) is 0 Å². The zero-order chi connectivity index (χ0) is 19.6. The number of carbonyl (C=O) groups is 5. The molecule has 0 aliphatic heterocycles. The lowest BCUT2D eigenvalue weighted by molar-refractivity contribution is -0.141. The molecule has 11 heteroatoms. The first-order valence-corrected chi connectivity index (χ1v) is 7.56. The molecule has 0 aliphatic carbocycles. The zero-order valence-electron chi connectivity index (χ0n) is 14.1. The number of nitrogens with one attached hydrogen (secondary N) is 3. The summed E-state index contributed by atoms with van der Waals surface area (Å²) in [4.78, 5) is 56.4. The van der Waals surface area contributed by atoms with Crippen LogP contribution in [0, 0.1) is 5.92 Å². The van der Waals surface area contributed by atoms with E-state index in [-0.39, 0.29) is 5.92 Å². The highest BCUT2D eigenvalue weighted by Gasteiger charge is 2.24. The van der Waals surface area contributed by atoms with Crippen LogP contribution in [0.15, 0.2) is 0 Å². The Bertz CT molecular complexity index is 521. The SMILES string of the molecule is CC(C)CC(N)C(=O)NCC(=O)NC(CC(=O)O)C(=O)NCC(=O)O. The molecule has 11 nitrogen and oxygen atoms in total. The van der Waals surface area contributed by atoms with E-state index >= 15 is 0 Å². The van der Waals surface area contributed by atoms with Gasteiger partial charge in [-0.25, -0.2) is 0 Å². The van der Waals surface area contributed by atoms with Crippen molar-refractivity contribution in [3.05, 3.63) is 0 Å². The summed E-state index contributed by atoms with van der Waals surface area (Å²) >= 11 is 0. The van der Waals surface area contributed by atoms with E-state index in [1.165, 1.54) is 0 Å². The Morgan fingerprint density at radius 3 is 1.96 bits per heavy atom. The lowest BCUT2D eigenvalue weighted by Crippen LogP contribution is -2.52. The van der Waals surface area contributed by atoms with Crippen LogP contribution in [-0.4, -0.2) is 65.0 Å². The van der Waals surface area contributed by atoms with Crippen LogP contribution in [0.5, 0.6) is 0 Å². The van der Waals surface area contributed by atoms with Crippen molar-refractivity contribution in [1.82, 2.24) is 16.0 Å². The number of carbonyl (C=O) groups excluding carboxylic acids is 3. The second kappa shape index (κ2) is 11.0. The van der Waals surface area contributed by atoms with Crippen LogP contribution in [0.25, 0.3) is 0 Å². The molecule has 142 valence electrons. The fraction of sp³-hybridized carbons (Fsp3) is 0.643. The van der Waals surface area contributed by atoms with Crippen LogP contribution < -0.4 is 21.7 Å². The number of carboxylic acid groups (broad SMARTS) is 2. The topological polar surface area (TPSA) is 188 Å². The van der Waals surface area contributed by atoms with Crippen LogP contribution in [-0.2, 0) is 24.0 Å². The lowest BCUT2D eigenvalue weighted by Gasteiger charge is -2.17. The minimum absolute atomic E-state index is 0.187. The highest BCUT2D eigenvalue weighted by Crippen LogP contribution is 2.02. The number of aliphatic carboxylic acids is 2. The summed E-state index contributed by atoms with van der Waals surface area (Å²) in [6.45, 7) is 2.55. The fourth-order valence-electron chi connectivity index (χ4n) is 1.83. The molecule has 0 aromatic heterocycles. The third-order valence-corrected chi connectivity index (χ3v) is 2.93. The van der Waals surface area contributed by atoms with E-state index in [0.717, 1.165) is 0 Å². The third kappa shape index (κ3) is 10.7. The average molecular weight is 360 g/mol. The van der Waals surface area contributed by atoms with Crippen molar-refractivity contribution in [3.63, 3.8) is 0 Å². The predicted molar refractivity (Wildman–Crippen MR) is 85.3 cm³/mol. The Kier molecular flexibility index (Phi) is 9.79. The maximum atomic E-state index is 11.8. The first-order chi connectivity index (χ1) is 11.5. The number of hydrogen-bond donors (Lipinski definition) is 6. The highest BCUT2D eigenvalue weighted by atomic mass is 16.4. The smallest absolute Gasteiger partial charge is 0.322 e. The van der Waals surface area contributed by atoms with Crippen LogP contribution in [0.1, 0.15) is 26.7 Å². The summed E-state index contributed by atoms with van der Waals surface area (Å²) in [5.41, 5.74) is 5.65. The van der Waals surface area contributed by atoms with E-state index in [9.17, 15) is 24.0 Å². The molecule has 0 aliphatic rings. The molecule has 0 fully saturated rings. The Labute approximate surface area is 144 Å². The standard InChI is InChI=1S/C14H24N4O7/c1-7(2)3-8(15)13(24)16-5-10(19)18-9(4-11(20)21)14(25)17-6-12(22)23/h7-9H,3-6,15H2,1-2H3,(H,16,24)(H,17,25)(H,18,19)(H,20,21)(H,22,23). The van der Waals surface area contributed by atoms with Crippen molar-refractivity contribution in [2.45, 2.75) is 38.8 Å². The second-order valence-electron chi connectivity index (χ2n) is 5.78. The molecule has 0 saturated heterocycles. The van der Waals surface area contributed by atoms with E-state index in [4.69, 9.17) is 15.9 Å². The monoisotopic (exact) mass is 360 g/mol. The van der Waals surface area contributed by atoms with E-state index in [1.54, 1.807) is 0 Å². The van der Waals surface area contributed by atoms with Crippen molar-refractivity contribution in [2.75, 3.05) is 13.1 Å². The van der Waals surface area contributed by atoms with E-state index in [2.05, 4.69) is 10.6 Å². The quantitative estimate of drug-likeness (QED) is 0.236. The molecular weight excluding hydrogens is 336 g/mol. The van der Waals surface area contributed by atoms with Gasteiger partial charge < -0.3 is 31.9 Å². The molecule has 2 unspecified atom stereocenters. The number of amides is 3. The third-order valence-electron chi connectivity index (χ3n) is 2.93. The molecular formula is C14H24N4O7. The van der Waals surface area contributed by atoms with Gasteiger partial charge in [0.2, 0.25) is 17.7 Å². The van der Waals surface area contributed by atoms with Crippen molar-refractivity contribution in [2.24, 2.45) is 11.7 Å². The van der Waals surface area contributed by atoms with E-state index in [0.29, 0.717) is 6.42 Å². The summed E-state index contributed by atoms with van der Waals surface area (Å²) in [7, 11) is 0. The molecule has 0 heterocycles. The number of hydrogen-bond acceptors (Lipinski definition) is 6. The minimum atomic E-state index is -1.47. The summed E-state index contributed by atoms with van der Waals surface area (Å²) in [6, 6.07) is -2.26. The normalized spacial score (nSPS) is 12.8. The van der Waals surface area contributed by atoms with Gasteiger partial charge in [0, 0.05) is 0 Å². The maximum Gasteiger partial charge on any atom is 0.322 e. The molecule has 0 spiro atoms. The van der Waals surface area contributed by atoms with Gasteiger partial charge in [0.1, 0.15) is 12.6 Å². The van der Waals surface area contributed by atoms with Crippen LogP contribution >= 0.6 is 0 Å². The summed E-state index contributed by atoms with van der Waals surface area (Å²) in [6.07, 6.45) is -0.315. The Morgan fingerprint density at radius 2 is 1.48 bits per heavy atom. The maximum absolute atomic E-state index is 11.8. The lowest BCUT2D eigenvalue weighted by atomic mass is 10.0. The molecule has 2 atom stereocenters. The summed E-state index contributed by atoms with van der Waals surface area (Å²) < 4.78 is 0. The van der Waals surface area contributed by atoms with Crippen molar-refractivity contribution in [1.29, 1.82) is 0 Å². The van der Waals surface area contributed by atoms with E-state index in [1.807, 2.05) is 19.2 Å². The molecule has 0 rings (SSSR count). The van der Waals surface area contributed by atoms with Crippen LogP contribution in [0.4, 0.5) is 0 Å².